The van der Waals surface area contributed by atoms with Crippen molar-refractivity contribution in [2.75, 3.05) is 13.7 Å². The molecule has 1 aliphatic rings. The van der Waals surface area contributed by atoms with Gasteiger partial charge in [0.15, 0.2) is 0 Å². The van der Waals surface area contributed by atoms with Gasteiger partial charge < -0.3 is 14.3 Å². The lowest BCUT2D eigenvalue weighted by Gasteiger charge is -2.33. The topological polar surface area (TPSA) is 69.7 Å². The first-order valence-electron chi connectivity index (χ1n) is 8.99. The molecular weight excluding hydrogens is 332 g/mol. The molecule has 5 heteroatoms. The number of carbonyl (C=O) groups is 3. The van der Waals surface area contributed by atoms with Gasteiger partial charge in [-0.25, -0.2) is 0 Å². The zero-order chi connectivity index (χ0) is 19.7. The zero-order valence-electron chi connectivity index (χ0n) is 16.3. The highest BCUT2D eigenvalue weighted by molar-refractivity contribution is 5.80. The quantitative estimate of drug-likeness (QED) is 0.459. The molecule has 0 aromatic carbocycles. The van der Waals surface area contributed by atoms with Crippen LogP contribution in [0.1, 0.15) is 52.9 Å². The molecule has 1 rings (SSSR count). The number of rotatable bonds is 9. The third kappa shape index (κ3) is 6.98. The van der Waals surface area contributed by atoms with Gasteiger partial charge in [0.25, 0.3) is 0 Å². The summed E-state index contributed by atoms with van der Waals surface area (Å²) >= 11 is 0. The van der Waals surface area contributed by atoms with Gasteiger partial charge >= 0.3 is 11.9 Å². The standard InChI is InChI=1S/C21H30O5/c1-14(2)8-6-11-17-13-26-21(24)20(18(17)12-19(23)25-5)15(3)9-7-10-16(4)22/h8,11,18,20H,3,6-7,9-10,12-13H2,1-2,4-5H3/b17-11-/t18-,20-/m0/s1. The molecule has 1 heterocycles. The van der Waals surface area contributed by atoms with Crippen molar-refractivity contribution in [3.63, 3.8) is 0 Å². The summed E-state index contributed by atoms with van der Waals surface area (Å²) in [6.07, 6.45) is 6.57. The molecule has 0 aromatic rings. The number of hydrogen-bond acceptors (Lipinski definition) is 5. The Bertz CT molecular complexity index is 608. The highest BCUT2D eigenvalue weighted by Crippen LogP contribution is 2.37. The number of methoxy groups -OCH3 is 1. The van der Waals surface area contributed by atoms with E-state index in [1.54, 1.807) is 6.92 Å². The van der Waals surface area contributed by atoms with Crippen LogP contribution in [0.4, 0.5) is 0 Å². The van der Waals surface area contributed by atoms with Crippen molar-refractivity contribution < 1.29 is 23.9 Å². The summed E-state index contributed by atoms with van der Waals surface area (Å²) in [6, 6.07) is 0. The highest BCUT2D eigenvalue weighted by Gasteiger charge is 2.39. The fourth-order valence-electron chi connectivity index (χ4n) is 3.07. The van der Waals surface area contributed by atoms with Crippen LogP contribution in [-0.4, -0.2) is 31.4 Å². The molecule has 0 bridgehead atoms. The van der Waals surface area contributed by atoms with Crippen molar-refractivity contribution in [3.8, 4) is 0 Å². The Morgan fingerprint density at radius 1 is 1.27 bits per heavy atom. The Labute approximate surface area is 156 Å². The maximum absolute atomic E-state index is 12.4. The van der Waals surface area contributed by atoms with Crippen molar-refractivity contribution in [1.29, 1.82) is 0 Å². The lowest BCUT2D eigenvalue weighted by atomic mass is 9.76. The Hall–Kier alpha value is -2.17. The van der Waals surface area contributed by atoms with Gasteiger partial charge in [-0.1, -0.05) is 29.9 Å². The van der Waals surface area contributed by atoms with Crippen LogP contribution in [0.25, 0.3) is 0 Å². The van der Waals surface area contributed by atoms with E-state index >= 15 is 0 Å². The van der Waals surface area contributed by atoms with Crippen molar-refractivity contribution in [3.05, 3.63) is 35.5 Å². The van der Waals surface area contributed by atoms with E-state index in [0.29, 0.717) is 24.8 Å². The molecule has 0 N–H and O–H groups in total. The molecule has 2 atom stereocenters. The van der Waals surface area contributed by atoms with Gasteiger partial charge in [0, 0.05) is 12.3 Å². The van der Waals surface area contributed by atoms with E-state index < -0.39 is 5.92 Å². The number of Topliss-reactive ketones (excluding diaryl/α,β-unsaturated/α-hetero) is 1. The molecular formula is C21H30O5. The SMILES string of the molecule is C=C(CCCC(C)=O)[C@@H]1C(=O)OC/C(=C/CC=C(C)C)[C@@H]1CC(=O)OC. The highest BCUT2D eigenvalue weighted by atomic mass is 16.5. The average molecular weight is 362 g/mol. The van der Waals surface area contributed by atoms with Gasteiger partial charge in [-0.15, -0.1) is 0 Å². The predicted molar refractivity (Wildman–Crippen MR) is 100 cm³/mol. The molecule has 1 saturated heterocycles. The monoisotopic (exact) mass is 362 g/mol. The molecule has 5 nitrogen and oxygen atoms in total. The van der Waals surface area contributed by atoms with Gasteiger partial charge in [-0.05, 0) is 45.6 Å². The second-order valence-corrected chi connectivity index (χ2v) is 6.98. The maximum atomic E-state index is 12.4. The van der Waals surface area contributed by atoms with Crippen molar-refractivity contribution in [2.45, 2.75) is 52.9 Å². The van der Waals surface area contributed by atoms with Gasteiger partial charge in [0.05, 0.1) is 19.4 Å². The Kier molecular flexibility index (Phi) is 9.03. The second-order valence-electron chi connectivity index (χ2n) is 6.98. The number of hydrogen-bond donors (Lipinski definition) is 0. The molecule has 0 radical (unpaired) electrons. The molecule has 0 spiro atoms. The molecule has 0 aromatic heterocycles. The lowest BCUT2D eigenvalue weighted by molar-refractivity contribution is -0.152. The summed E-state index contributed by atoms with van der Waals surface area (Å²) in [5, 5.41) is 0. The summed E-state index contributed by atoms with van der Waals surface area (Å²) in [4.78, 5) is 35.4. The van der Waals surface area contributed by atoms with Crippen LogP contribution in [0.15, 0.2) is 35.5 Å². The van der Waals surface area contributed by atoms with Crippen molar-refractivity contribution in [1.82, 2.24) is 0 Å². The molecule has 0 aliphatic carbocycles. The van der Waals surface area contributed by atoms with Gasteiger partial charge in [0.2, 0.25) is 0 Å². The van der Waals surface area contributed by atoms with E-state index in [1.807, 2.05) is 19.9 Å². The number of allylic oxidation sites excluding steroid dienone is 3. The first-order chi connectivity index (χ1) is 12.3. The van der Waals surface area contributed by atoms with E-state index in [9.17, 15) is 14.4 Å². The molecule has 1 aliphatic heterocycles. The van der Waals surface area contributed by atoms with Crippen molar-refractivity contribution >= 4 is 17.7 Å². The van der Waals surface area contributed by atoms with Gasteiger partial charge in [-0.3, -0.25) is 9.59 Å². The maximum Gasteiger partial charge on any atom is 0.314 e. The van der Waals surface area contributed by atoms with Crippen LogP contribution >= 0.6 is 0 Å². The van der Waals surface area contributed by atoms with Gasteiger partial charge in [-0.2, -0.15) is 0 Å². The summed E-state index contributed by atoms with van der Waals surface area (Å²) in [5.74, 6) is -1.49. The summed E-state index contributed by atoms with van der Waals surface area (Å²) < 4.78 is 10.2. The van der Waals surface area contributed by atoms with Gasteiger partial charge in [0.1, 0.15) is 12.4 Å². The van der Waals surface area contributed by atoms with Crippen LogP contribution in [0, 0.1) is 11.8 Å². The molecule has 26 heavy (non-hydrogen) atoms. The Morgan fingerprint density at radius 3 is 2.54 bits per heavy atom. The minimum absolute atomic E-state index is 0.109. The third-order valence-electron chi connectivity index (χ3n) is 4.50. The first kappa shape index (κ1) is 21.9. The van der Waals surface area contributed by atoms with Crippen molar-refractivity contribution in [2.24, 2.45) is 11.8 Å². The number of esters is 2. The van der Waals surface area contributed by atoms with Crippen LogP contribution in [0.2, 0.25) is 0 Å². The minimum Gasteiger partial charge on any atom is -0.469 e. The zero-order valence-corrected chi connectivity index (χ0v) is 16.3. The fourth-order valence-corrected chi connectivity index (χ4v) is 3.07. The van der Waals surface area contributed by atoms with E-state index in [4.69, 9.17) is 9.47 Å². The average Bonchev–Trinajstić information content (AvgIpc) is 2.56. The Balaban J connectivity index is 3.01. The van der Waals surface area contributed by atoms with Crippen LogP contribution < -0.4 is 0 Å². The van der Waals surface area contributed by atoms with E-state index in [1.165, 1.54) is 12.7 Å². The summed E-state index contributed by atoms with van der Waals surface area (Å²) in [5.41, 5.74) is 2.83. The second kappa shape index (κ2) is 10.7. The summed E-state index contributed by atoms with van der Waals surface area (Å²) in [6.45, 7) is 9.82. The van der Waals surface area contributed by atoms with E-state index in [-0.39, 0.29) is 36.7 Å². The first-order valence-corrected chi connectivity index (χ1v) is 8.99. The normalized spacial score (nSPS) is 21.1. The predicted octanol–water partition coefficient (Wildman–Crippen LogP) is 3.94. The van der Waals surface area contributed by atoms with Crippen LogP contribution in [0.3, 0.4) is 0 Å². The molecule has 1 fully saturated rings. The smallest absolute Gasteiger partial charge is 0.314 e. The Morgan fingerprint density at radius 2 is 1.96 bits per heavy atom. The van der Waals surface area contributed by atoms with E-state index in [0.717, 1.165) is 12.0 Å². The summed E-state index contributed by atoms with van der Waals surface area (Å²) in [7, 11) is 1.34. The molecule has 144 valence electrons. The lowest BCUT2D eigenvalue weighted by Crippen LogP contribution is -2.37. The van der Waals surface area contributed by atoms with Crippen LogP contribution in [-0.2, 0) is 23.9 Å². The third-order valence-corrected chi connectivity index (χ3v) is 4.50. The molecule has 0 unspecified atom stereocenters. The van der Waals surface area contributed by atoms with E-state index in [2.05, 4.69) is 12.7 Å². The number of cyclic esters (lactones) is 1. The number of ketones is 1. The molecule has 0 amide bonds. The number of ether oxygens (including phenoxy) is 2. The van der Waals surface area contributed by atoms with Crippen LogP contribution in [0.5, 0.6) is 0 Å². The molecule has 0 saturated carbocycles. The minimum atomic E-state index is -0.576. The largest absolute Gasteiger partial charge is 0.469 e. The number of carbonyl (C=O) groups excluding carboxylic acids is 3. The fraction of sp³-hybridized carbons (Fsp3) is 0.571.